The summed E-state index contributed by atoms with van der Waals surface area (Å²) in [6, 6.07) is 4.09. The topological polar surface area (TPSA) is 82.5 Å². The molecule has 1 saturated heterocycles. The first-order chi connectivity index (χ1) is 9.09. The number of carbonyl (C=O) groups excluding carboxylic acids is 1. The van der Waals surface area contributed by atoms with Crippen molar-refractivity contribution in [3.05, 3.63) is 30.1 Å². The lowest BCUT2D eigenvalue weighted by Gasteiger charge is -2.23. The summed E-state index contributed by atoms with van der Waals surface area (Å²) in [5.74, 6) is -0.135. The highest BCUT2D eigenvalue weighted by atomic mass is 32.2. The molecule has 2 atom stereocenters. The van der Waals surface area contributed by atoms with Crippen LogP contribution in [0.25, 0.3) is 0 Å². The van der Waals surface area contributed by atoms with Crippen LogP contribution in [0.5, 0.6) is 0 Å². The van der Waals surface area contributed by atoms with Gasteiger partial charge in [-0.25, -0.2) is 9.59 Å². The van der Waals surface area contributed by atoms with Crippen LogP contribution in [0.2, 0.25) is 0 Å². The van der Waals surface area contributed by atoms with Gasteiger partial charge in [0.2, 0.25) is 0 Å². The van der Waals surface area contributed by atoms with Crippen molar-refractivity contribution in [2.45, 2.75) is 19.0 Å². The van der Waals surface area contributed by atoms with Gasteiger partial charge in [-0.05, 0) is 19.1 Å². The third kappa shape index (κ3) is 3.17. The average molecular weight is 281 g/mol. The van der Waals surface area contributed by atoms with Gasteiger partial charge in [-0.15, -0.1) is 11.8 Å². The van der Waals surface area contributed by atoms with Gasteiger partial charge in [0.1, 0.15) is 6.04 Å². The Morgan fingerprint density at radius 3 is 3.00 bits per heavy atom. The molecule has 1 aliphatic rings. The maximum absolute atomic E-state index is 12.1. The van der Waals surface area contributed by atoms with Crippen LogP contribution in [0.3, 0.4) is 0 Å². The summed E-state index contributed by atoms with van der Waals surface area (Å²) >= 11 is 1.44. The number of carboxylic acids is 1. The Bertz CT molecular complexity index is 469. The van der Waals surface area contributed by atoms with Gasteiger partial charge in [-0.1, -0.05) is 6.07 Å². The third-order valence-corrected chi connectivity index (χ3v) is 3.91. The van der Waals surface area contributed by atoms with E-state index in [2.05, 4.69) is 10.3 Å². The normalized spacial score (nSPS) is 20.1. The van der Waals surface area contributed by atoms with Gasteiger partial charge >= 0.3 is 12.0 Å². The average Bonchev–Trinajstić information content (AvgIpc) is 2.89. The molecule has 2 rings (SSSR count). The Morgan fingerprint density at radius 1 is 1.58 bits per heavy atom. The number of carboxylic acid groups (broad SMARTS) is 1. The van der Waals surface area contributed by atoms with Crippen molar-refractivity contribution in [2.24, 2.45) is 0 Å². The monoisotopic (exact) mass is 281 g/mol. The van der Waals surface area contributed by atoms with Crippen LogP contribution >= 0.6 is 11.8 Å². The minimum absolute atomic E-state index is 0.256. The number of hydrogen-bond acceptors (Lipinski definition) is 4. The first kappa shape index (κ1) is 13.7. The van der Waals surface area contributed by atoms with Gasteiger partial charge in [0, 0.05) is 11.9 Å². The van der Waals surface area contributed by atoms with Crippen LogP contribution in [0.4, 0.5) is 4.79 Å². The fourth-order valence-corrected chi connectivity index (χ4v) is 2.97. The fourth-order valence-electron chi connectivity index (χ4n) is 1.82. The van der Waals surface area contributed by atoms with E-state index < -0.39 is 12.0 Å². The number of rotatable bonds is 3. The predicted octanol–water partition coefficient (Wildman–Crippen LogP) is 1.31. The highest BCUT2D eigenvalue weighted by molar-refractivity contribution is 7.99. The van der Waals surface area contributed by atoms with Gasteiger partial charge in [-0.3, -0.25) is 4.98 Å². The summed E-state index contributed by atoms with van der Waals surface area (Å²) in [7, 11) is 0. The summed E-state index contributed by atoms with van der Waals surface area (Å²) < 4.78 is 0. The van der Waals surface area contributed by atoms with E-state index in [1.807, 2.05) is 19.1 Å². The maximum Gasteiger partial charge on any atom is 0.327 e. The van der Waals surface area contributed by atoms with E-state index in [4.69, 9.17) is 5.11 Å². The third-order valence-electron chi connectivity index (χ3n) is 2.90. The van der Waals surface area contributed by atoms with Gasteiger partial charge in [-0.2, -0.15) is 0 Å². The van der Waals surface area contributed by atoms with Crippen molar-refractivity contribution >= 4 is 23.8 Å². The van der Waals surface area contributed by atoms with E-state index in [1.165, 1.54) is 16.7 Å². The molecule has 0 aromatic carbocycles. The molecule has 2 N–H and O–H groups in total. The molecule has 2 amide bonds. The van der Waals surface area contributed by atoms with Gasteiger partial charge in [0.25, 0.3) is 0 Å². The Labute approximate surface area is 115 Å². The molecule has 2 unspecified atom stereocenters. The summed E-state index contributed by atoms with van der Waals surface area (Å²) in [5, 5.41) is 11.8. The molecule has 19 heavy (non-hydrogen) atoms. The van der Waals surface area contributed by atoms with Crippen LogP contribution in [0.15, 0.2) is 24.4 Å². The Hall–Kier alpha value is -1.76. The molecule has 102 valence electrons. The number of aliphatic carboxylic acids is 1. The quantitative estimate of drug-likeness (QED) is 0.873. The molecule has 2 heterocycles. The zero-order valence-electron chi connectivity index (χ0n) is 10.4. The van der Waals surface area contributed by atoms with Crippen molar-refractivity contribution < 1.29 is 14.7 Å². The zero-order chi connectivity index (χ0) is 13.8. The first-order valence-corrected chi connectivity index (χ1v) is 7.03. The van der Waals surface area contributed by atoms with E-state index in [0.717, 1.165) is 5.69 Å². The zero-order valence-corrected chi connectivity index (χ0v) is 11.3. The van der Waals surface area contributed by atoms with Crippen molar-refractivity contribution in [3.63, 3.8) is 0 Å². The lowest BCUT2D eigenvalue weighted by atomic mass is 10.2. The molecule has 0 aliphatic carbocycles. The van der Waals surface area contributed by atoms with Gasteiger partial charge < -0.3 is 15.3 Å². The fraction of sp³-hybridized carbons (Fsp3) is 0.417. The molecule has 1 aliphatic heterocycles. The number of urea groups is 1. The number of nitrogens with zero attached hydrogens (tertiary/aromatic N) is 2. The van der Waals surface area contributed by atoms with Crippen molar-refractivity contribution in [3.8, 4) is 0 Å². The van der Waals surface area contributed by atoms with Crippen LogP contribution in [-0.2, 0) is 4.79 Å². The van der Waals surface area contributed by atoms with E-state index in [9.17, 15) is 9.59 Å². The standard InChI is InChI=1S/C12H15N3O3S/c1-8(9-4-2-3-5-13-9)14-12(18)15-7-19-6-10(15)11(16)17/h2-5,8,10H,6-7H2,1H3,(H,14,18)(H,16,17). The molecule has 7 heteroatoms. The minimum Gasteiger partial charge on any atom is -0.480 e. The van der Waals surface area contributed by atoms with Gasteiger partial charge in [0.05, 0.1) is 17.6 Å². The summed E-state index contributed by atoms with van der Waals surface area (Å²) in [6.45, 7) is 1.82. The molecular weight excluding hydrogens is 266 g/mol. The number of amides is 2. The number of nitrogens with one attached hydrogen (secondary N) is 1. The van der Waals surface area contributed by atoms with Crippen molar-refractivity contribution in [1.29, 1.82) is 0 Å². The Balaban J connectivity index is 1.99. The highest BCUT2D eigenvalue weighted by Crippen LogP contribution is 2.21. The predicted molar refractivity (Wildman–Crippen MR) is 71.8 cm³/mol. The summed E-state index contributed by atoms with van der Waals surface area (Å²) in [5.41, 5.74) is 0.745. The lowest BCUT2D eigenvalue weighted by molar-refractivity contribution is -0.140. The molecule has 0 radical (unpaired) electrons. The summed E-state index contributed by atoms with van der Waals surface area (Å²) in [4.78, 5) is 28.6. The van der Waals surface area contributed by atoms with E-state index in [0.29, 0.717) is 11.6 Å². The largest absolute Gasteiger partial charge is 0.480 e. The molecule has 1 fully saturated rings. The second kappa shape index (κ2) is 5.92. The lowest BCUT2D eigenvalue weighted by Crippen LogP contribution is -2.47. The molecule has 1 aromatic rings. The second-order valence-corrected chi connectivity index (χ2v) is 5.25. The number of aromatic nitrogens is 1. The Morgan fingerprint density at radius 2 is 2.37 bits per heavy atom. The van der Waals surface area contributed by atoms with E-state index in [-0.39, 0.29) is 12.1 Å². The molecular formula is C12H15N3O3S. The van der Waals surface area contributed by atoms with E-state index in [1.54, 1.807) is 12.3 Å². The SMILES string of the molecule is CC(NC(=O)N1CSCC1C(=O)O)c1ccccn1. The molecule has 0 bridgehead atoms. The minimum atomic E-state index is -0.967. The Kier molecular flexibility index (Phi) is 4.26. The molecule has 0 spiro atoms. The van der Waals surface area contributed by atoms with E-state index >= 15 is 0 Å². The first-order valence-electron chi connectivity index (χ1n) is 5.88. The number of carbonyl (C=O) groups is 2. The second-order valence-electron chi connectivity index (χ2n) is 4.25. The molecule has 1 aromatic heterocycles. The smallest absolute Gasteiger partial charge is 0.327 e. The van der Waals surface area contributed by atoms with Crippen LogP contribution < -0.4 is 5.32 Å². The highest BCUT2D eigenvalue weighted by Gasteiger charge is 2.35. The van der Waals surface area contributed by atoms with Crippen molar-refractivity contribution in [1.82, 2.24) is 15.2 Å². The number of hydrogen-bond donors (Lipinski definition) is 2. The van der Waals surface area contributed by atoms with Crippen LogP contribution in [0, 0.1) is 0 Å². The van der Waals surface area contributed by atoms with Crippen LogP contribution in [0.1, 0.15) is 18.7 Å². The summed E-state index contributed by atoms with van der Waals surface area (Å²) in [6.07, 6.45) is 1.66. The van der Waals surface area contributed by atoms with Gasteiger partial charge in [0.15, 0.2) is 0 Å². The molecule has 0 saturated carbocycles. The maximum atomic E-state index is 12.1. The van der Waals surface area contributed by atoms with Crippen molar-refractivity contribution in [2.75, 3.05) is 11.6 Å². The number of thioether (sulfide) groups is 1. The van der Waals surface area contributed by atoms with Crippen LogP contribution in [-0.4, -0.2) is 44.7 Å². The number of pyridine rings is 1. The molecule has 6 nitrogen and oxygen atoms in total.